The van der Waals surface area contributed by atoms with Crippen molar-refractivity contribution in [3.8, 4) is 11.1 Å². The zero-order valence-electron chi connectivity index (χ0n) is 11.8. The van der Waals surface area contributed by atoms with Gasteiger partial charge in [0.2, 0.25) is 0 Å². The van der Waals surface area contributed by atoms with Crippen molar-refractivity contribution < 1.29 is 14.7 Å². The summed E-state index contributed by atoms with van der Waals surface area (Å²) in [4.78, 5) is 19.0. The Morgan fingerprint density at radius 3 is 1.81 bits per heavy atom. The molecule has 3 nitrogen and oxygen atoms in total. The summed E-state index contributed by atoms with van der Waals surface area (Å²) >= 11 is 0. The first kappa shape index (κ1) is 15.0. The molecule has 0 amide bonds. The van der Waals surface area contributed by atoms with Crippen LogP contribution < -0.4 is 0 Å². The summed E-state index contributed by atoms with van der Waals surface area (Å²) in [5.41, 5.74) is 5.83. The van der Waals surface area contributed by atoms with Crippen molar-refractivity contribution in [3.05, 3.63) is 59.7 Å². The molecular formula is C18H18O3. The van der Waals surface area contributed by atoms with E-state index >= 15 is 0 Å². The minimum atomic E-state index is -0.924. The Morgan fingerprint density at radius 1 is 0.952 bits per heavy atom. The van der Waals surface area contributed by atoms with Crippen molar-refractivity contribution >= 4 is 12.3 Å². The van der Waals surface area contributed by atoms with Gasteiger partial charge in [0.05, 0.1) is 6.42 Å². The first-order valence-corrected chi connectivity index (χ1v) is 7.04. The van der Waals surface area contributed by atoms with Gasteiger partial charge in [0.25, 0.3) is 0 Å². The highest BCUT2D eigenvalue weighted by molar-refractivity contribution is 5.72. The SMILES string of the molecule is O=CCCC(=O)O.c1ccc2c(c1)CCc1ccccc1-2. The Morgan fingerprint density at radius 2 is 1.43 bits per heavy atom. The lowest BCUT2D eigenvalue weighted by Crippen LogP contribution is -2.02. The van der Waals surface area contributed by atoms with E-state index in [-0.39, 0.29) is 12.8 Å². The maximum atomic E-state index is 9.60. The summed E-state index contributed by atoms with van der Waals surface area (Å²) in [6.45, 7) is 0. The number of carbonyl (C=O) groups is 2. The van der Waals surface area contributed by atoms with Crippen molar-refractivity contribution in [2.24, 2.45) is 0 Å². The number of hydrogen-bond donors (Lipinski definition) is 1. The van der Waals surface area contributed by atoms with E-state index in [0.717, 1.165) is 0 Å². The standard InChI is InChI=1S/C14H12.C4H6O3/c1-3-7-13-11(5-1)9-10-12-6-2-4-8-14(12)13;5-3-1-2-4(6)7/h1-8H,9-10H2;3H,1-2H2,(H,6,7). The van der Waals surface area contributed by atoms with Crippen molar-refractivity contribution in [2.45, 2.75) is 25.7 Å². The van der Waals surface area contributed by atoms with Crippen molar-refractivity contribution in [1.29, 1.82) is 0 Å². The van der Waals surface area contributed by atoms with Crippen LogP contribution >= 0.6 is 0 Å². The molecule has 0 atom stereocenters. The fraction of sp³-hybridized carbons (Fsp3) is 0.222. The van der Waals surface area contributed by atoms with E-state index in [1.165, 1.54) is 35.1 Å². The van der Waals surface area contributed by atoms with Gasteiger partial charge in [-0.3, -0.25) is 4.79 Å². The third-order valence-electron chi connectivity index (χ3n) is 3.46. The molecule has 1 N–H and O–H groups in total. The molecule has 1 aliphatic carbocycles. The summed E-state index contributed by atoms with van der Waals surface area (Å²) in [7, 11) is 0. The summed E-state index contributed by atoms with van der Waals surface area (Å²) in [5.74, 6) is -0.924. The minimum Gasteiger partial charge on any atom is -0.481 e. The number of rotatable bonds is 3. The number of aryl methyl sites for hydroxylation is 2. The lowest BCUT2D eigenvalue weighted by molar-refractivity contribution is -0.137. The second kappa shape index (κ2) is 7.39. The Bertz CT molecular complexity index is 586. The van der Waals surface area contributed by atoms with Crippen LogP contribution in [0.3, 0.4) is 0 Å². The molecular weight excluding hydrogens is 264 g/mol. The molecule has 0 aromatic heterocycles. The van der Waals surface area contributed by atoms with E-state index < -0.39 is 5.97 Å². The van der Waals surface area contributed by atoms with Crippen molar-refractivity contribution in [3.63, 3.8) is 0 Å². The van der Waals surface area contributed by atoms with E-state index in [0.29, 0.717) is 6.29 Å². The summed E-state index contributed by atoms with van der Waals surface area (Å²) in [6.07, 6.45) is 3.04. The minimum absolute atomic E-state index is 0.0521. The number of fused-ring (bicyclic) bond motifs is 3. The molecule has 3 rings (SSSR count). The summed E-state index contributed by atoms with van der Waals surface area (Å²) in [6, 6.07) is 17.5. The van der Waals surface area contributed by atoms with Gasteiger partial charge < -0.3 is 9.90 Å². The highest BCUT2D eigenvalue weighted by atomic mass is 16.4. The Kier molecular flexibility index (Phi) is 5.27. The predicted octanol–water partition coefficient (Wildman–Crippen LogP) is 3.50. The zero-order chi connectivity index (χ0) is 15.1. The van der Waals surface area contributed by atoms with E-state index in [1.54, 1.807) is 0 Å². The lowest BCUT2D eigenvalue weighted by Gasteiger charge is -2.19. The molecule has 21 heavy (non-hydrogen) atoms. The number of benzene rings is 2. The normalized spacial score (nSPS) is 11.4. The van der Waals surface area contributed by atoms with E-state index in [4.69, 9.17) is 5.11 Å². The Labute approximate surface area is 124 Å². The maximum absolute atomic E-state index is 9.60. The number of carboxylic acids is 1. The predicted molar refractivity (Wildman–Crippen MR) is 82.2 cm³/mol. The topological polar surface area (TPSA) is 54.4 Å². The van der Waals surface area contributed by atoms with E-state index in [1.807, 2.05) is 0 Å². The first-order valence-electron chi connectivity index (χ1n) is 7.04. The van der Waals surface area contributed by atoms with Gasteiger partial charge in [-0.15, -0.1) is 0 Å². The van der Waals surface area contributed by atoms with Crippen LogP contribution in [0.4, 0.5) is 0 Å². The van der Waals surface area contributed by atoms with Crippen LogP contribution in [0.25, 0.3) is 11.1 Å². The number of carbonyl (C=O) groups excluding carboxylic acids is 1. The van der Waals surface area contributed by atoms with Crippen molar-refractivity contribution in [1.82, 2.24) is 0 Å². The molecule has 0 radical (unpaired) electrons. The smallest absolute Gasteiger partial charge is 0.303 e. The monoisotopic (exact) mass is 282 g/mol. The molecule has 0 heterocycles. The molecule has 3 heteroatoms. The van der Waals surface area contributed by atoms with Gasteiger partial charge in [0.1, 0.15) is 6.29 Å². The fourth-order valence-electron chi connectivity index (χ4n) is 2.45. The molecule has 0 aliphatic heterocycles. The van der Waals surface area contributed by atoms with Gasteiger partial charge in [-0.25, -0.2) is 0 Å². The van der Waals surface area contributed by atoms with Crippen molar-refractivity contribution in [2.75, 3.05) is 0 Å². The molecule has 0 fully saturated rings. The fourth-order valence-corrected chi connectivity index (χ4v) is 2.45. The maximum Gasteiger partial charge on any atom is 0.303 e. The van der Waals surface area contributed by atoms with E-state index in [9.17, 15) is 9.59 Å². The van der Waals surface area contributed by atoms with Crippen LogP contribution in [-0.4, -0.2) is 17.4 Å². The summed E-state index contributed by atoms with van der Waals surface area (Å²) < 4.78 is 0. The highest BCUT2D eigenvalue weighted by Gasteiger charge is 2.13. The summed E-state index contributed by atoms with van der Waals surface area (Å²) in [5, 5.41) is 7.89. The molecule has 0 bridgehead atoms. The molecule has 2 aromatic rings. The number of aldehydes is 1. The second-order valence-corrected chi connectivity index (χ2v) is 4.91. The molecule has 1 aliphatic rings. The number of carboxylic acid groups (broad SMARTS) is 1. The van der Waals surface area contributed by atoms with Gasteiger partial charge >= 0.3 is 5.97 Å². The average molecular weight is 282 g/mol. The molecule has 108 valence electrons. The van der Waals surface area contributed by atoms with Gasteiger partial charge in [-0.1, -0.05) is 48.5 Å². The van der Waals surface area contributed by atoms with Crippen LogP contribution in [0, 0.1) is 0 Å². The van der Waals surface area contributed by atoms with Crippen LogP contribution in [0.15, 0.2) is 48.5 Å². The largest absolute Gasteiger partial charge is 0.481 e. The molecule has 0 spiro atoms. The number of hydrogen-bond acceptors (Lipinski definition) is 2. The van der Waals surface area contributed by atoms with Gasteiger partial charge in [-0.2, -0.15) is 0 Å². The quantitative estimate of drug-likeness (QED) is 0.877. The van der Waals surface area contributed by atoms with Crippen LogP contribution in [-0.2, 0) is 22.4 Å². The molecule has 0 saturated carbocycles. The third-order valence-corrected chi connectivity index (χ3v) is 3.46. The van der Waals surface area contributed by atoms with Gasteiger partial charge in [0.15, 0.2) is 0 Å². The molecule has 0 saturated heterocycles. The van der Waals surface area contributed by atoms with Gasteiger partial charge in [-0.05, 0) is 35.1 Å². The highest BCUT2D eigenvalue weighted by Crippen LogP contribution is 2.32. The Hall–Kier alpha value is -2.42. The van der Waals surface area contributed by atoms with Gasteiger partial charge in [0, 0.05) is 6.42 Å². The third kappa shape index (κ3) is 4.02. The average Bonchev–Trinajstić information content (AvgIpc) is 2.53. The Balaban J connectivity index is 0.000000199. The van der Waals surface area contributed by atoms with Crippen LogP contribution in [0.5, 0.6) is 0 Å². The lowest BCUT2D eigenvalue weighted by atomic mass is 9.86. The van der Waals surface area contributed by atoms with E-state index in [2.05, 4.69) is 48.5 Å². The number of aliphatic carboxylic acids is 1. The second-order valence-electron chi connectivity index (χ2n) is 4.91. The first-order chi connectivity index (χ1) is 10.2. The molecule has 0 unspecified atom stereocenters. The zero-order valence-corrected chi connectivity index (χ0v) is 11.8. The van der Waals surface area contributed by atoms with Crippen LogP contribution in [0.1, 0.15) is 24.0 Å². The van der Waals surface area contributed by atoms with Crippen LogP contribution in [0.2, 0.25) is 0 Å². The molecule has 2 aromatic carbocycles.